The molecule has 0 aliphatic heterocycles. The van der Waals surface area contributed by atoms with Crippen molar-refractivity contribution < 1.29 is 13.2 Å². The van der Waals surface area contributed by atoms with Gasteiger partial charge in [-0.2, -0.15) is 13.2 Å². The Bertz CT molecular complexity index is 597. The lowest BCUT2D eigenvalue weighted by Crippen LogP contribution is -2.10. The highest BCUT2D eigenvalue weighted by atomic mass is 35.5. The molecule has 1 aromatic carbocycles. The number of anilines is 2. The molecule has 0 bridgehead atoms. The first-order chi connectivity index (χ1) is 9.36. The summed E-state index contributed by atoms with van der Waals surface area (Å²) in [7, 11) is 0. The molecule has 0 radical (unpaired) electrons. The van der Waals surface area contributed by atoms with Crippen molar-refractivity contribution in [1.82, 2.24) is 4.98 Å². The normalized spacial score (nSPS) is 11.4. The highest BCUT2D eigenvalue weighted by molar-refractivity contribution is 6.30. The summed E-state index contributed by atoms with van der Waals surface area (Å²) in [6.07, 6.45) is -3.74. The summed E-state index contributed by atoms with van der Waals surface area (Å²) in [5.74, 6) is 0.0203. The third-order valence-corrected chi connectivity index (χ3v) is 2.89. The second-order valence-electron chi connectivity index (χ2n) is 4.13. The number of nitrogens with zero attached hydrogens (tertiary/aromatic N) is 1. The Morgan fingerprint density at radius 3 is 2.45 bits per heavy atom. The van der Waals surface area contributed by atoms with Gasteiger partial charge in [-0.3, -0.25) is 0 Å². The van der Waals surface area contributed by atoms with Crippen LogP contribution < -0.4 is 11.1 Å². The molecule has 3 N–H and O–H groups in total. The van der Waals surface area contributed by atoms with E-state index in [4.69, 9.17) is 17.3 Å². The van der Waals surface area contributed by atoms with Crippen LogP contribution in [0, 0.1) is 0 Å². The number of benzene rings is 1. The lowest BCUT2D eigenvalue weighted by atomic mass is 10.2. The van der Waals surface area contributed by atoms with Gasteiger partial charge in [0.05, 0.1) is 11.3 Å². The van der Waals surface area contributed by atoms with Gasteiger partial charge < -0.3 is 11.1 Å². The molecule has 0 atom stereocenters. The molecule has 20 heavy (non-hydrogen) atoms. The Morgan fingerprint density at radius 1 is 1.20 bits per heavy atom. The van der Waals surface area contributed by atoms with E-state index in [1.165, 1.54) is 0 Å². The maximum absolute atomic E-state index is 12.6. The van der Waals surface area contributed by atoms with Crippen molar-refractivity contribution in [2.45, 2.75) is 12.7 Å². The first kappa shape index (κ1) is 14.5. The molecule has 0 saturated heterocycles. The average Bonchev–Trinajstić information content (AvgIpc) is 2.38. The zero-order chi connectivity index (χ0) is 14.8. The predicted molar refractivity (Wildman–Crippen MR) is 72.4 cm³/mol. The highest BCUT2D eigenvalue weighted by Gasteiger charge is 2.31. The molecule has 0 amide bonds. The second kappa shape index (κ2) is 5.58. The van der Waals surface area contributed by atoms with E-state index >= 15 is 0 Å². The van der Waals surface area contributed by atoms with E-state index in [-0.39, 0.29) is 11.5 Å². The zero-order valence-corrected chi connectivity index (χ0v) is 11.0. The molecule has 1 heterocycles. The fraction of sp³-hybridized carbons (Fsp3) is 0.154. The molecule has 106 valence electrons. The molecule has 0 unspecified atom stereocenters. The second-order valence-corrected chi connectivity index (χ2v) is 4.57. The first-order valence-corrected chi connectivity index (χ1v) is 6.05. The Labute approximate surface area is 118 Å². The van der Waals surface area contributed by atoms with Crippen LogP contribution in [0.4, 0.5) is 24.7 Å². The van der Waals surface area contributed by atoms with Crippen molar-refractivity contribution in [2.24, 2.45) is 0 Å². The van der Waals surface area contributed by atoms with Crippen LogP contribution in [-0.2, 0) is 12.7 Å². The Kier molecular flexibility index (Phi) is 4.04. The van der Waals surface area contributed by atoms with Gasteiger partial charge in [0.15, 0.2) is 0 Å². The number of hydrogen-bond donors (Lipinski definition) is 2. The van der Waals surface area contributed by atoms with Gasteiger partial charge in [-0.05, 0) is 23.8 Å². The van der Waals surface area contributed by atoms with Gasteiger partial charge in [-0.15, -0.1) is 0 Å². The van der Waals surface area contributed by atoms with E-state index in [1.54, 1.807) is 24.3 Å². The maximum Gasteiger partial charge on any atom is 0.417 e. The van der Waals surface area contributed by atoms with E-state index in [1.807, 2.05) is 0 Å². The quantitative estimate of drug-likeness (QED) is 0.902. The topological polar surface area (TPSA) is 50.9 Å². The molecule has 7 heteroatoms. The van der Waals surface area contributed by atoms with Crippen LogP contribution >= 0.6 is 11.6 Å². The van der Waals surface area contributed by atoms with Crippen LogP contribution in [0.15, 0.2) is 36.5 Å². The minimum absolute atomic E-state index is 0.0203. The lowest BCUT2D eigenvalue weighted by molar-refractivity contribution is -0.137. The van der Waals surface area contributed by atoms with E-state index in [9.17, 15) is 13.2 Å². The molecular weight excluding hydrogens is 291 g/mol. The van der Waals surface area contributed by atoms with E-state index in [0.717, 1.165) is 11.6 Å². The molecule has 3 nitrogen and oxygen atoms in total. The molecule has 0 aliphatic carbocycles. The highest BCUT2D eigenvalue weighted by Crippen LogP contribution is 2.31. The van der Waals surface area contributed by atoms with Crippen LogP contribution in [0.5, 0.6) is 0 Å². The van der Waals surface area contributed by atoms with Gasteiger partial charge in [0.2, 0.25) is 0 Å². The number of rotatable bonds is 3. The van der Waals surface area contributed by atoms with E-state index in [2.05, 4.69) is 10.3 Å². The SMILES string of the molecule is Nc1ncc(C(F)(F)F)cc1NCc1ccc(Cl)cc1. The summed E-state index contributed by atoms with van der Waals surface area (Å²) < 4.78 is 37.8. The summed E-state index contributed by atoms with van der Waals surface area (Å²) in [5.41, 5.74) is 5.73. The predicted octanol–water partition coefficient (Wildman–Crippen LogP) is 3.95. The third kappa shape index (κ3) is 3.54. The van der Waals surface area contributed by atoms with Crippen molar-refractivity contribution in [3.8, 4) is 0 Å². The molecule has 0 aliphatic rings. The number of halogens is 4. The summed E-state index contributed by atoms with van der Waals surface area (Å²) >= 11 is 5.75. The smallest absolute Gasteiger partial charge is 0.382 e. The molecule has 2 aromatic rings. The van der Waals surface area contributed by atoms with Gasteiger partial charge in [0.1, 0.15) is 5.82 Å². The number of alkyl halides is 3. The van der Waals surface area contributed by atoms with Crippen molar-refractivity contribution in [3.05, 3.63) is 52.7 Å². The van der Waals surface area contributed by atoms with Crippen molar-refractivity contribution in [1.29, 1.82) is 0 Å². The fourth-order valence-corrected chi connectivity index (χ4v) is 1.70. The summed E-state index contributed by atoms with van der Waals surface area (Å²) in [6.45, 7) is 0.324. The largest absolute Gasteiger partial charge is 0.417 e. The third-order valence-electron chi connectivity index (χ3n) is 2.64. The maximum atomic E-state index is 12.6. The fourth-order valence-electron chi connectivity index (χ4n) is 1.57. The molecule has 0 fully saturated rings. The Hall–Kier alpha value is -1.95. The number of hydrogen-bond acceptors (Lipinski definition) is 3. The minimum atomic E-state index is -4.45. The number of nitrogens with two attached hydrogens (primary N) is 1. The monoisotopic (exact) mass is 301 g/mol. The first-order valence-electron chi connectivity index (χ1n) is 5.67. The van der Waals surface area contributed by atoms with Gasteiger partial charge in [-0.25, -0.2) is 4.98 Å². The lowest BCUT2D eigenvalue weighted by Gasteiger charge is -2.12. The summed E-state index contributed by atoms with van der Waals surface area (Å²) in [4.78, 5) is 3.55. The zero-order valence-electron chi connectivity index (χ0n) is 10.2. The van der Waals surface area contributed by atoms with Crippen LogP contribution in [0.1, 0.15) is 11.1 Å². The van der Waals surface area contributed by atoms with Crippen LogP contribution in [0.3, 0.4) is 0 Å². The molecule has 0 spiro atoms. The van der Waals surface area contributed by atoms with Gasteiger partial charge in [0.25, 0.3) is 0 Å². The van der Waals surface area contributed by atoms with Crippen LogP contribution in [0.25, 0.3) is 0 Å². The van der Waals surface area contributed by atoms with Gasteiger partial charge in [0, 0.05) is 17.8 Å². The molecule has 0 saturated carbocycles. The Balaban J connectivity index is 2.14. The number of nitrogens with one attached hydrogen (secondary N) is 1. The van der Waals surface area contributed by atoms with E-state index < -0.39 is 11.7 Å². The Morgan fingerprint density at radius 2 is 1.85 bits per heavy atom. The molecule has 2 rings (SSSR count). The average molecular weight is 302 g/mol. The van der Waals surface area contributed by atoms with Crippen LogP contribution in [0.2, 0.25) is 5.02 Å². The standard InChI is InChI=1S/C13H11ClF3N3/c14-10-3-1-8(2-4-10)6-19-11-5-9(13(15,16)17)7-20-12(11)18/h1-5,7,19H,6H2,(H2,18,20). The van der Waals surface area contributed by atoms with Crippen molar-refractivity contribution in [2.75, 3.05) is 11.1 Å². The minimum Gasteiger partial charge on any atom is -0.382 e. The summed E-state index contributed by atoms with van der Waals surface area (Å²) in [5, 5.41) is 3.42. The van der Waals surface area contributed by atoms with Crippen molar-refractivity contribution >= 4 is 23.1 Å². The van der Waals surface area contributed by atoms with Crippen molar-refractivity contribution in [3.63, 3.8) is 0 Å². The number of pyridine rings is 1. The number of aromatic nitrogens is 1. The van der Waals surface area contributed by atoms with Gasteiger partial charge in [-0.1, -0.05) is 23.7 Å². The molecule has 1 aromatic heterocycles. The van der Waals surface area contributed by atoms with Gasteiger partial charge >= 0.3 is 6.18 Å². The van der Waals surface area contributed by atoms with E-state index in [0.29, 0.717) is 17.8 Å². The number of nitrogen functional groups attached to an aromatic ring is 1. The molecular formula is C13H11ClF3N3. The van der Waals surface area contributed by atoms with Crippen LogP contribution in [-0.4, -0.2) is 4.98 Å². The summed E-state index contributed by atoms with van der Waals surface area (Å²) in [6, 6.07) is 7.88.